The Morgan fingerprint density at radius 3 is 1.80 bits per heavy atom. The Balaban J connectivity index is 1.42. The summed E-state index contributed by atoms with van der Waals surface area (Å²) < 4.78 is 37.9. The molecule has 0 unspecified atom stereocenters. The number of anilines is 3. The van der Waals surface area contributed by atoms with Gasteiger partial charge in [-0.1, -0.05) is 6.07 Å². The first-order chi connectivity index (χ1) is 24.9. The van der Waals surface area contributed by atoms with Crippen LogP contribution < -0.4 is 4.90 Å². The first-order valence-corrected chi connectivity index (χ1v) is 17.7. The van der Waals surface area contributed by atoms with Crippen LogP contribution in [0.2, 0.25) is 0 Å². The Morgan fingerprint density at radius 1 is 0.588 bits per heavy atom. The van der Waals surface area contributed by atoms with E-state index in [1.165, 1.54) is 18.3 Å². The number of aryl methyl sites for hydroxylation is 1. The van der Waals surface area contributed by atoms with Crippen molar-refractivity contribution in [2.45, 2.75) is 5.92 Å². The molecule has 0 N–H and O–H groups in total. The molecular weight excluding hydrogens is 818 g/mol. The number of aromatic nitrogens is 3. The molecule has 2 heterocycles. The summed E-state index contributed by atoms with van der Waals surface area (Å²) in [5.41, 5.74) is 8.95. The van der Waals surface area contributed by atoms with Gasteiger partial charge in [0.15, 0.2) is 0 Å². The zero-order chi connectivity index (χ0) is 35.0. The van der Waals surface area contributed by atoms with E-state index in [2.05, 4.69) is 112 Å². The van der Waals surface area contributed by atoms with Crippen molar-refractivity contribution in [3.63, 3.8) is 0 Å². The minimum absolute atomic E-state index is 0.142. The second-order valence-corrected chi connectivity index (χ2v) is 13.3. The number of hydrogen-bond donors (Lipinski definition) is 0. The molecule has 0 saturated carbocycles. The average Bonchev–Trinajstić information content (AvgIpc) is 3.45. The number of para-hydroxylation sites is 3. The topological polar surface area (TPSA) is 26.0 Å². The third-order valence-electron chi connectivity index (χ3n) is 9.14. The summed E-state index contributed by atoms with van der Waals surface area (Å²) in [7, 11) is 2.06. The number of alkyl halides is 2. The number of nitrogens with zero attached hydrogens (tertiary/aromatic N) is 4. The standard InChI is InChI=1S/C44H32F2N4.Pt/c1-48-31-49(41-26-9-8-25-40(41)48)35-20-13-22-37(30-35)50(36-21-12-19-34(29-36)44(45,46)42-27-10-11-28-47-42)43-38(32-15-4-2-5-16-32)23-14-24-39(43)33-17-6-3-7-18-33;/h2-30H,1H3;. The average molecular weight is 850 g/mol. The van der Waals surface area contributed by atoms with Crippen LogP contribution in [0.15, 0.2) is 176 Å². The molecule has 8 aromatic rings. The summed E-state index contributed by atoms with van der Waals surface area (Å²) >= 11 is 2.36. The van der Waals surface area contributed by atoms with Crippen molar-refractivity contribution >= 4 is 28.1 Å². The summed E-state index contributed by atoms with van der Waals surface area (Å²) in [6.07, 6.45) is 1.40. The van der Waals surface area contributed by atoms with Crippen molar-refractivity contribution in [2.24, 2.45) is 7.05 Å². The number of imidazole rings is 1. The summed E-state index contributed by atoms with van der Waals surface area (Å²) in [6.45, 7) is 0. The third-order valence-corrected chi connectivity index (χ3v) is 10.4. The molecular formula is C44H32F2N4Pt. The molecule has 0 aliphatic rings. The molecule has 0 saturated heterocycles. The third kappa shape index (κ3) is 5.96. The Kier molecular flexibility index (Phi) is 8.63. The van der Waals surface area contributed by atoms with Gasteiger partial charge in [0.1, 0.15) is 0 Å². The van der Waals surface area contributed by atoms with Gasteiger partial charge in [-0.15, -0.1) is 0 Å². The van der Waals surface area contributed by atoms with Gasteiger partial charge in [-0.3, -0.25) is 0 Å². The van der Waals surface area contributed by atoms with Crippen LogP contribution in [0.4, 0.5) is 25.8 Å². The fourth-order valence-corrected chi connectivity index (χ4v) is 7.55. The van der Waals surface area contributed by atoms with Gasteiger partial charge in [0.2, 0.25) is 0 Å². The normalized spacial score (nSPS) is 11.5. The van der Waals surface area contributed by atoms with E-state index in [1.807, 2.05) is 66.7 Å². The number of fused-ring (bicyclic) bond motifs is 1. The number of benzene rings is 6. The molecule has 7 heteroatoms. The van der Waals surface area contributed by atoms with Crippen LogP contribution in [0.1, 0.15) is 11.3 Å². The summed E-state index contributed by atoms with van der Waals surface area (Å²) in [4.78, 5) is 6.15. The van der Waals surface area contributed by atoms with Crippen LogP contribution in [0.25, 0.3) is 39.0 Å². The second kappa shape index (κ2) is 13.5. The van der Waals surface area contributed by atoms with Crippen LogP contribution in [-0.2, 0) is 32.3 Å². The maximum atomic E-state index is 16.2. The van der Waals surface area contributed by atoms with Crippen LogP contribution in [0, 0.1) is 3.80 Å². The predicted octanol–water partition coefficient (Wildman–Crippen LogP) is 11.4. The van der Waals surface area contributed by atoms with Crippen LogP contribution >= 0.6 is 0 Å². The number of rotatable bonds is 8. The molecule has 6 aromatic carbocycles. The van der Waals surface area contributed by atoms with Gasteiger partial charge < -0.3 is 0 Å². The molecule has 8 rings (SSSR count). The van der Waals surface area contributed by atoms with Gasteiger partial charge in [0, 0.05) is 6.20 Å². The van der Waals surface area contributed by atoms with Crippen molar-refractivity contribution in [3.05, 3.63) is 191 Å². The van der Waals surface area contributed by atoms with Gasteiger partial charge in [0.25, 0.3) is 0 Å². The number of halogens is 2. The summed E-state index contributed by atoms with van der Waals surface area (Å²) in [5, 5.41) is 0. The van der Waals surface area contributed by atoms with E-state index in [0.29, 0.717) is 5.69 Å². The number of pyridine rings is 1. The van der Waals surface area contributed by atoms with Crippen molar-refractivity contribution in [1.82, 2.24) is 14.1 Å². The first-order valence-electron chi connectivity index (χ1n) is 16.6. The molecule has 51 heavy (non-hydrogen) atoms. The molecule has 252 valence electrons. The Morgan fingerprint density at radius 2 is 1.16 bits per heavy atom. The van der Waals surface area contributed by atoms with E-state index < -0.39 is 5.92 Å². The molecule has 0 spiro atoms. The van der Waals surface area contributed by atoms with E-state index in [-0.39, 0.29) is 11.3 Å². The van der Waals surface area contributed by atoms with Gasteiger partial charge in [0.05, 0.1) is 0 Å². The molecule has 0 radical (unpaired) electrons. The minimum atomic E-state index is -3.32. The summed E-state index contributed by atoms with van der Waals surface area (Å²) in [5.74, 6) is -3.32. The fraction of sp³-hybridized carbons (Fsp3) is 0.0455. The molecule has 0 atom stereocenters. The molecule has 0 bridgehead atoms. The van der Waals surface area contributed by atoms with Crippen LogP contribution in [0.3, 0.4) is 0 Å². The van der Waals surface area contributed by atoms with Gasteiger partial charge >= 0.3 is 289 Å². The van der Waals surface area contributed by atoms with Crippen molar-refractivity contribution < 1.29 is 28.1 Å². The van der Waals surface area contributed by atoms with E-state index >= 15 is 8.78 Å². The van der Waals surface area contributed by atoms with Crippen molar-refractivity contribution in [3.8, 4) is 27.9 Å². The van der Waals surface area contributed by atoms with Crippen LogP contribution in [0.5, 0.6) is 0 Å². The Labute approximate surface area is 305 Å². The number of hydrogen-bond acceptors (Lipinski definition) is 2. The maximum absolute atomic E-state index is 16.2. The van der Waals surface area contributed by atoms with E-state index in [4.69, 9.17) is 0 Å². The molecule has 4 nitrogen and oxygen atoms in total. The molecule has 0 fully saturated rings. The SMILES string of the molecule is Cn1[c](=[Pt])n(-c2cccc(N(c3cccc(C(F)(F)c4ccccn4)c3)c3c(-c4ccccc4)cccc3-c3ccccc3)c2)c2ccccc21. The van der Waals surface area contributed by atoms with E-state index in [1.54, 1.807) is 24.3 Å². The van der Waals surface area contributed by atoms with Gasteiger partial charge in [-0.05, 0) is 6.07 Å². The Hall–Kier alpha value is -5.71. The Bertz CT molecular complexity index is 2490. The first kappa shape index (κ1) is 32.5. The van der Waals surface area contributed by atoms with Gasteiger partial charge in [-0.25, -0.2) is 0 Å². The van der Waals surface area contributed by atoms with Crippen LogP contribution in [-0.4, -0.2) is 14.1 Å². The van der Waals surface area contributed by atoms with Crippen molar-refractivity contribution in [2.75, 3.05) is 4.90 Å². The predicted molar refractivity (Wildman–Crippen MR) is 198 cm³/mol. The quantitative estimate of drug-likeness (QED) is 0.152. The van der Waals surface area contributed by atoms with Gasteiger partial charge in [-0.2, -0.15) is 0 Å². The van der Waals surface area contributed by atoms with Crippen molar-refractivity contribution in [1.29, 1.82) is 0 Å². The molecule has 0 aliphatic carbocycles. The molecule has 0 amide bonds. The second-order valence-electron chi connectivity index (χ2n) is 12.3. The molecule has 0 aliphatic heterocycles. The zero-order valence-electron chi connectivity index (χ0n) is 27.6. The van der Waals surface area contributed by atoms with E-state index in [9.17, 15) is 0 Å². The molecule has 2 aromatic heterocycles. The monoisotopic (exact) mass is 849 g/mol. The van der Waals surface area contributed by atoms with E-state index in [0.717, 1.165) is 54.2 Å². The zero-order valence-corrected chi connectivity index (χ0v) is 29.9. The fourth-order valence-electron chi connectivity index (χ4n) is 6.71. The summed E-state index contributed by atoms with van der Waals surface area (Å²) in [6, 6.07) is 54.6.